The summed E-state index contributed by atoms with van der Waals surface area (Å²) in [6.45, 7) is 0. The van der Waals surface area contributed by atoms with Gasteiger partial charge < -0.3 is 10.4 Å². The molecular formula is C14H15Cl2NO3. The Morgan fingerprint density at radius 2 is 1.80 bits per heavy atom. The third-order valence-corrected chi connectivity index (χ3v) is 4.19. The summed E-state index contributed by atoms with van der Waals surface area (Å²) in [5.41, 5.74) is -0.944. The lowest BCUT2D eigenvalue weighted by molar-refractivity contribution is -0.145. The van der Waals surface area contributed by atoms with Gasteiger partial charge in [0.05, 0.1) is 10.6 Å². The Kier molecular flexibility index (Phi) is 4.55. The summed E-state index contributed by atoms with van der Waals surface area (Å²) in [4.78, 5) is 23.8. The zero-order chi connectivity index (χ0) is 14.8. The third kappa shape index (κ3) is 3.07. The molecule has 0 spiro atoms. The largest absolute Gasteiger partial charge is 0.480 e. The van der Waals surface area contributed by atoms with Crippen molar-refractivity contribution in [2.24, 2.45) is 0 Å². The van der Waals surface area contributed by atoms with E-state index >= 15 is 0 Å². The van der Waals surface area contributed by atoms with Crippen molar-refractivity contribution >= 4 is 35.1 Å². The van der Waals surface area contributed by atoms with Crippen molar-refractivity contribution in [3.63, 3.8) is 0 Å². The number of halogens is 2. The number of hydrogen-bond acceptors (Lipinski definition) is 2. The number of aliphatic carboxylic acids is 1. The molecule has 0 atom stereocenters. The molecule has 0 radical (unpaired) electrons. The number of amides is 1. The van der Waals surface area contributed by atoms with E-state index in [1.165, 1.54) is 12.1 Å². The fourth-order valence-corrected chi connectivity index (χ4v) is 3.00. The van der Waals surface area contributed by atoms with Crippen LogP contribution in [0.5, 0.6) is 0 Å². The van der Waals surface area contributed by atoms with Crippen LogP contribution in [0, 0.1) is 0 Å². The highest BCUT2D eigenvalue weighted by Gasteiger charge is 2.41. The van der Waals surface area contributed by atoms with E-state index in [1.807, 2.05) is 0 Å². The van der Waals surface area contributed by atoms with Gasteiger partial charge in [0.2, 0.25) is 0 Å². The van der Waals surface area contributed by atoms with E-state index in [0.717, 1.165) is 19.3 Å². The Hall–Kier alpha value is -1.26. The van der Waals surface area contributed by atoms with Crippen molar-refractivity contribution in [3.8, 4) is 0 Å². The van der Waals surface area contributed by atoms with Gasteiger partial charge in [-0.2, -0.15) is 0 Å². The van der Waals surface area contributed by atoms with Crippen molar-refractivity contribution in [2.75, 3.05) is 0 Å². The summed E-state index contributed by atoms with van der Waals surface area (Å²) >= 11 is 11.8. The normalized spacial score (nSPS) is 17.5. The molecule has 0 unspecified atom stereocenters. The number of nitrogens with one attached hydrogen (secondary N) is 1. The smallest absolute Gasteiger partial charge is 0.329 e. The van der Waals surface area contributed by atoms with Gasteiger partial charge in [-0.1, -0.05) is 42.5 Å². The van der Waals surface area contributed by atoms with Gasteiger partial charge in [0.15, 0.2) is 0 Å². The first kappa shape index (κ1) is 15.1. The van der Waals surface area contributed by atoms with Crippen LogP contribution in [-0.2, 0) is 4.79 Å². The Morgan fingerprint density at radius 3 is 2.35 bits per heavy atom. The summed E-state index contributed by atoms with van der Waals surface area (Å²) in [5, 5.41) is 12.7. The number of carbonyl (C=O) groups excluding carboxylic acids is 1. The first-order chi connectivity index (χ1) is 9.44. The average Bonchev–Trinajstić information content (AvgIpc) is 2.39. The number of benzene rings is 1. The third-order valence-electron chi connectivity index (χ3n) is 3.65. The first-order valence-electron chi connectivity index (χ1n) is 6.45. The van der Waals surface area contributed by atoms with E-state index in [0.29, 0.717) is 17.9 Å². The molecule has 1 amide bonds. The van der Waals surface area contributed by atoms with Crippen LogP contribution in [0.25, 0.3) is 0 Å². The van der Waals surface area contributed by atoms with Crippen LogP contribution in [-0.4, -0.2) is 22.5 Å². The van der Waals surface area contributed by atoms with Gasteiger partial charge in [0.25, 0.3) is 5.91 Å². The number of rotatable bonds is 3. The molecule has 1 aliphatic carbocycles. The number of carbonyl (C=O) groups is 2. The summed E-state index contributed by atoms with van der Waals surface area (Å²) in [5.74, 6) is -1.47. The maximum atomic E-state index is 12.3. The van der Waals surface area contributed by atoms with Crippen molar-refractivity contribution in [2.45, 2.75) is 37.6 Å². The topological polar surface area (TPSA) is 66.4 Å². The minimum absolute atomic E-state index is 0.214. The zero-order valence-corrected chi connectivity index (χ0v) is 12.3. The maximum Gasteiger partial charge on any atom is 0.329 e. The molecule has 1 aliphatic rings. The average molecular weight is 316 g/mol. The highest BCUT2D eigenvalue weighted by Crippen LogP contribution is 2.29. The van der Waals surface area contributed by atoms with Gasteiger partial charge in [-0.25, -0.2) is 4.79 Å². The lowest BCUT2D eigenvalue weighted by Gasteiger charge is -2.34. The zero-order valence-electron chi connectivity index (χ0n) is 10.8. The van der Waals surface area contributed by atoms with Gasteiger partial charge in [-0.05, 0) is 31.0 Å². The lowest BCUT2D eigenvalue weighted by atomic mass is 9.81. The summed E-state index contributed by atoms with van der Waals surface area (Å²) < 4.78 is 0. The standard InChI is InChI=1S/C14H15Cl2NO3/c15-9-4-5-10(11(16)8-9)12(18)17-14(13(19)20)6-2-1-3-7-14/h4-5,8H,1-3,6-7H2,(H,17,18)(H,19,20). The predicted octanol–water partition coefficient (Wildman–Crippen LogP) is 3.51. The first-order valence-corrected chi connectivity index (χ1v) is 7.21. The SMILES string of the molecule is O=C(NC1(C(=O)O)CCCCC1)c1ccc(Cl)cc1Cl. The molecule has 4 nitrogen and oxygen atoms in total. The van der Waals surface area contributed by atoms with Crippen molar-refractivity contribution in [3.05, 3.63) is 33.8 Å². The van der Waals surface area contributed by atoms with E-state index in [1.54, 1.807) is 6.07 Å². The molecule has 0 aliphatic heterocycles. The molecule has 20 heavy (non-hydrogen) atoms. The fraction of sp³-hybridized carbons (Fsp3) is 0.429. The van der Waals surface area contributed by atoms with Crippen molar-refractivity contribution in [1.29, 1.82) is 0 Å². The summed E-state index contributed by atoms with van der Waals surface area (Å²) in [6.07, 6.45) is 3.47. The lowest BCUT2D eigenvalue weighted by Crippen LogP contribution is -2.55. The van der Waals surface area contributed by atoms with Crippen LogP contribution in [0.1, 0.15) is 42.5 Å². The molecule has 1 aromatic carbocycles. The highest BCUT2D eigenvalue weighted by molar-refractivity contribution is 6.36. The van der Waals surface area contributed by atoms with Crippen LogP contribution >= 0.6 is 23.2 Å². The minimum atomic E-state index is -1.18. The van der Waals surface area contributed by atoms with E-state index in [9.17, 15) is 14.7 Å². The quantitative estimate of drug-likeness (QED) is 0.897. The Bertz CT molecular complexity index is 539. The van der Waals surface area contributed by atoms with Crippen LogP contribution in [0.15, 0.2) is 18.2 Å². The second-order valence-corrected chi connectivity index (χ2v) is 5.87. The molecule has 0 aromatic heterocycles. The van der Waals surface area contributed by atoms with E-state index in [-0.39, 0.29) is 10.6 Å². The number of carboxylic acids is 1. The fourth-order valence-electron chi connectivity index (χ4n) is 2.51. The van der Waals surface area contributed by atoms with Gasteiger partial charge in [0, 0.05) is 5.02 Å². The highest BCUT2D eigenvalue weighted by atomic mass is 35.5. The molecule has 0 bridgehead atoms. The van der Waals surface area contributed by atoms with Gasteiger partial charge in [-0.15, -0.1) is 0 Å². The molecule has 1 fully saturated rings. The molecule has 1 saturated carbocycles. The Labute approximate surface area is 127 Å². The molecule has 0 saturated heterocycles. The molecule has 2 rings (SSSR count). The Balaban J connectivity index is 2.22. The monoisotopic (exact) mass is 315 g/mol. The predicted molar refractivity (Wildman–Crippen MR) is 77.4 cm³/mol. The number of hydrogen-bond donors (Lipinski definition) is 2. The second kappa shape index (κ2) is 6.02. The molecular weight excluding hydrogens is 301 g/mol. The molecule has 0 heterocycles. The van der Waals surface area contributed by atoms with E-state index < -0.39 is 17.4 Å². The molecule has 6 heteroatoms. The number of carboxylic acid groups (broad SMARTS) is 1. The van der Waals surface area contributed by atoms with Crippen LogP contribution in [0.3, 0.4) is 0 Å². The van der Waals surface area contributed by atoms with Crippen molar-refractivity contribution < 1.29 is 14.7 Å². The van der Waals surface area contributed by atoms with E-state index in [2.05, 4.69) is 5.32 Å². The summed E-state index contributed by atoms with van der Waals surface area (Å²) in [7, 11) is 0. The van der Waals surface area contributed by atoms with Gasteiger partial charge in [-0.3, -0.25) is 4.79 Å². The van der Waals surface area contributed by atoms with Crippen LogP contribution < -0.4 is 5.32 Å². The van der Waals surface area contributed by atoms with Crippen LogP contribution in [0.2, 0.25) is 10.0 Å². The van der Waals surface area contributed by atoms with Gasteiger partial charge in [0.1, 0.15) is 5.54 Å². The Morgan fingerprint density at radius 1 is 1.15 bits per heavy atom. The minimum Gasteiger partial charge on any atom is -0.480 e. The van der Waals surface area contributed by atoms with Gasteiger partial charge >= 0.3 is 5.97 Å². The summed E-state index contributed by atoms with van der Waals surface area (Å²) in [6, 6.07) is 4.52. The van der Waals surface area contributed by atoms with Crippen molar-refractivity contribution in [1.82, 2.24) is 5.32 Å². The van der Waals surface area contributed by atoms with Crippen LogP contribution in [0.4, 0.5) is 0 Å². The molecule has 1 aromatic rings. The maximum absolute atomic E-state index is 12.3. The van der Waals surface area contributed by atoms with E-state index in [4.69, 9.17) is 23.2 Å². The molecule has 108 valence electrons. The second-order valence-electron chi connectivity index (χ2n) is 5.03. The molecule has 2 N–H and O–H groups in total.